The first-order valence-electron chi connectivity index (χ1n) is 12.2. The van der Waals surface area contributed by atoms with Crippen molar-refractivity contribution >= 4 is 35.1 Å². The van der Waals surface area contributed by atoms with Crippen molar-refractivity contribution in [3.8, 4) is 0 Å². The molecule has 0 aromatic heterocycles. The molecule has 0 saturated carbocycles. The Hall–Kier alpha value is -2.51. The van der Waals surface area contributed by atoms with Crippen LogP contribution in [0.1, 0.15) is 55.5 Å². The van der Waals surface area contributed by atoms with E-state index in [2.05, 4.69) is 89.2 Å². The standard InChI is InChI=1S/C30H38O4SSi/c1-22(18-19-33-35(7,31)32)28-24(3)29(30(4,5)6)23(2)20-25(28)21-34-36(26-14-10-8-11-15-26)27-16-12-9-13-17-27/h8-18,20,36H,19,21H2,1-7H3. The minimum atomic E-state index is -3.51. The van der Waals surface area contributed by atoms with Crippen LogP contribution in [0.4, 0.5) is 0 Å². The van der Waals surface area contributed by atoms with Crippen molar-refractivity contribution in [2.45, 2.75) is 53.6 Å². The summed E-state index contributed by atoms with van der Waals surface area (Å²) in [6.07, 6.45) is 2.92. The van der Waals surface area contributed by atoms with E-state index in [1.165, 1.54) is 27.1 Å². The summed E-state index contributed by atoms with van der Waals surface area (Å²) in [6, 6.07) is 23.2. The highest BCUT2D eigenvalue weighted by molar-refractivity contribution is 7.86. The molecule has 3 aromatic carbocycles. The van der Waals surface area contributed by atoms with Crippen molar-refractivity contribution in [3.63, 3.8) is 0 Å². The molecule has 6 heteroatoms. The van der Waals surface area contributed by atoms with Gasteiger partial charge in [-0.15, -0.1) is 0 Å². The van der Waals surface area contributed by atoms with E-state index in [4.69, 9.17) is 8.61 Å². The highest BCUT2D eigenvalue weighted by Gasteiger charge is 2.24. The van der Waals surface area contributed by atoms with Crippen LogP contribution in [-0.4, -0.2) is 30.3 Å². The smallest absolute Gasteiger partial charge is 0.264 e. The SMILES string of the molecule is CC(=CCOS(C)(=O)=O)c1c(CO[SiH](c2ccccc2)c2ccccc2)cc(C)c(C(C)(C)C)c1C. The molecule has 3 rings (SSSR count). The molecule has 0 radical (unpaired) electrons. The van der Waals surface area contributed by atoms with E-state index >= 15 is 0 Å². The number of aryl methyl sites for hydroxylation is 1. The third kappa shape index (κ3) is 7.26. The van der Waals surface area contributed by atoms with Crippen LogP contribution in [-0.2, 0) is 30.7 Å². The Kier molecular flexibility index (Phi) is 9.11. The van der Waals surface area contributed by atoms with Crippen LogP contribution < -0.4 is 10.4 Å². The number of hydrogen-bond acceptors (Lipinski definition) is 4. The van der Waals surface area contributed by atoms with E-state index in [0.29, 0.717) is 6.61 Å². The van der Waals surface area contributed by atoms with E-state index in [9.17, 15) is 8.42 Å². The first-order valence-corrected chi connectivity index (χ1v) is 15.7. The van der Waals surface area contributed by atoms with Crippen LogP contribution in [0.3, 0.4) is 0 Å². The summed E-state index contributed by atoms with van der Waals surface area (Å²) < 4.78 is 34.8. The van der Waals surface area contributed by atoms with Crippen LogP contribution in [0.2, 0.25) is 0 Å². The van der Waals surface area contributed by atoms with Gasteiger partial charge in [-0.2, -0.15) is 8.42 Å². The van der Waals surface area contributed by atoms with Crippen molar-refractivity contribution in [1.29, 1.82) is 0 Å². The zero-order chi connectivity index (χ0) is 26.5. The highest BCUT2D eigenvalue weighted by atomic mass is 32.2. The maximum absolute atomic E-state index is 11.5. The Bertz CT molecular complexity index is 1270. The first kappa shape index (κ1) is 28.1. The lowest BCUT2D eigenvalue weighted by Gasteiger charge is -2.29. The Labute approximate surface area is 218 Å². The quantitative estimate of drug-likeness (QED) is 0.292. The molecule has 0 N–H and O–H groups in total. The average Bonchev–Trinajstić information content (AvgIpc) is 2.78. The normalized spacial score (nSPS) is 12.8. The molecule has 4 nitrogen and oxygen atoms in total. The van der Waals surface area contributed by atoms with Gasteiger partial charge in [0, 0.05) is 0 Å². The summed E-state index contributed by atoms with van der Waals surface area (Å²) in [7, 11) is -5.42. The fraction of sp³-hybridized carbons (Fsp3) is 0.333. The second-order valence-corrected chi connectivity index (χ2v) is 14.4. The van der Waals surface area contributed by atoms with Crippen LogP contribution in [0.25, 0.3) is 5.57 Å². The van der Waals surface area contributed by atoms with Gasteiger partial charge in [0.05, 0.1) is 19.5 Å². The average molecular weight is 523 g/mol. The van der Waals surface area contributed by atoms with Gasteiger partial charge >= 0.3 is 0 Å². The fourth-order valence-corrected chi connectivity index (χ4v) is 7.66. The van der Waals surface area contributed by atoms with Crippen LogP contribution in [0.5, 0.6) is 0 Å². The minimum Gasteiger partial charge on any atom is -0.407 e. The summed E-state index contributed by atoms with van der Waals surface area (Å²) in [4.78, 5) is 0. The predicted octanol–water partition coefficient (Wildman–Crippen LogP) is 5.04. The molecule has 0 fully saturated rings. The molecule has 36 heavy (non-hydrogen) atoms. The highest BCUT2D eigenvalue weighted by Crippen LogP contribution is 2.36. The second kappa shape index (κ2) is 11.7. The van der Waals surface area contributed by atoms with Crippen LogP contribution >= 0.6 is 0 Å². The zero-order valence-electron chi connectivity index (χ0n) is 22.5. The zero-order valence-corrected chi connectivity index (χ0v) is 24.4. The lowest BCUT2D eigenvalue weighted by atomic mass is 9.77. The molecule has 192 valence electrons. The summed E-state index contributed by atoms with van der Waals surface area (Å²) in [5, 5.41) is 2.47. The monoisotopic (exact) mass is 522 g/mol. The van der Waals surface area contributed by atoms with E-state index in [0.717, 1.165) is 23.0 Å². The summed E-state index contributed by atoms with van der Waals surface area (Å²) in [5.74, 6) is 0. The van der Waals surface area contributed by atoms with Gasteiger partial charge in [0.25, 0.3) is 10.1 Å². The number of allylic oxidation sites excluding steroid dienone is 1. The first-order chi connectivity index (χ1) is 16.9. The molecule has 0 spiro atoms. The van der Waals surface area contributed by atoms with Gasteiger partial charge in [-0.1, -0.05) is 93.6 Å². The van der Waals surface area contributed by atoms with Crippen molar-refractivity contribution in [2.24, 2.45) is 0 Å². The molecule has 0 unspecified atom stereocenters. The third-order valence-electron chi connectivity index (χ3n) is 6.28. The van der Waals surface area contributed by atoms with Gasteiger partial charge in [0.2, 0.25) is 9.04 Å². The van der Waals surface area contributed by atoms with E-state index in [-0.39, 0.29) is 12.0 Å². The van der Waals surface area contributed by atoms with Gasteiger partial charge < -0.3 is 4.43 Å². The Morgan fingerprint density at radius 1 is 0.944 bits per heavy atom. The van der Waals surface area contributed by atoms with Gasteiger partial charge in [0.15, 0.2) is 0 Å². The second-order valence-electron chi connectivity index (χ2n) is 10.4. The van der Waals surface area contributed by atoms with Crippen molar-refractivity contribution < 1.29 is 17.0 Å². The minimum absolute atomic E-state index is 0.00847. The van der Waals surface area contributed by atoms with Gasteiger partial charge in [-0.3, -0.25) is 4.18 Å². The molecule has 0 saturated heterocycles. The molecule has 0 atom stereocenters. The number of rotatable bonds is 9. The lowest BCUT2D eigenvalue weighted by molar-refractivity contribution is 0.321. The maximum Gasteiger partial charge on any atom is 0.264 e. The van der Waals surface area contributed by atoms with Crippen molar-refractivity contribution in [3.05, 3.63) is 101 Å². The Morgan fingerprint density at radius 3 is 1.94 bits per heavy atom. The molecule has 0 aliphatic carbocycles. The molecule has 0 aliphatic rings. The van der Waals surface area contributed by atoms with E-state index in [1.54, 1.807) is 0 Å². The Balaban J connectivity index is 2.05. The van der Waals surface area contributed by atoms with Crippen molar-refractivity contribution in [1.82, 2.24) is 0 Å². The maximum atomic E-state index is 11.5. The largest absolute Gasteiger partial charge is 0.407 e. The summed E-state index contributed by atoms with van der Waals surface area (Å²) in [5.41, 5.74) is 6.91. The molecule has 0 heterocycles. The summed E-state index contributed by atoms with van der Waals surface area (Å²) >= 11 is 0. The van der Waals surface area contributed by atoms with Crippen molar-refractivity contribution in [2.75, 3.05) is 12.9 Å². The predicted molar refractivity (Wildman–Crippen MR) is 153 cm³/mol. The molecule has 0 bridgehead atoms. The topological polar surface area (TPSA) is 52.6 Å². The van der Waals surface area contributed by atoms with Gasteiger partial charge in [0.1, 0.15) is 0 Å². The van der Waals surface area contributed by atoms with E-state index in [1.807, 2.05) is 25.1 Å². The van der Waals surface area contributed by atoms with Gasteiger partial charge in [-0.05, 0) is 70.0 Å². The fourth-order valence-electron chi connectivity index (χ4n) is 5.08. The molecule has 0 amide bonds. The third-order valence-corrected chi connectivity index (χ3v) is 9.33. The molecule has 0 aliphatic heterocycles. The lowest BCUT2D eigenvalue weighted by Crippen LogP contribution is -2.44. The molecule has 3 aromatic rings. The molecular formula is C30H38O4SSi. The van der Waals surface area contributed by atoms with Crippen LogP contribution in [0.15, 0.2) is 72.8 Å². The number of benzene rings is 3. The van der Waals surface area contributed by atoms with Crippen LogP contribution in [0, 0.1) is 13.8 Å². The van der Waals surface area contributed by atoms with E-state index < -0.39 is 19.2 Å². The summed E-state index contributed by atoms with van der Waals surface area (Å²) in [6.45, 7) is 13.5. The number of hydrogen-bond donors (Lipinski definition) is 0. The molecular weight excluding hydrogens is 484 g/mol. The Morgan fingerprint density at radius 2 is 1.47 bits per heavy atom. The van der Waals surface area contributed by atoms with Gasteiger partial charge in [-0.25, -0.2) is 0 Å².